The number of benzene rings is 1. The summed E-state index contributed by atoms with van der Waals surface area (Å²) in [6.45, 7) is 8.75. The van der Waals surface area contributed by atoms with E-state index in [1.54, 1.807) is 6.20 Å². The van der Waals surface area contributed by atoms with Crippen molar-refractivity contribution in [3.63, 3.8) is 0 Å². The van der Waals surface area contributed by atoms with Crippen molar-refractivity contribution in [3.05, 3.63) is 42.1 Å². The molecule has 0 unspecified atom stereocenters. The third kappa shape index (κ3) is 7.46. The first-order chi connectivity index (χ1) is 10.8. The van der Waals surface area contributed by atoms with Crippen LogP contribution in [0.25, 0.3) is 0 Å². The van der Waals surface area contributed by atoms with Gasteiger partial charge in [0.2, 0.25) is 0 Å². The van der Waals surface area contributed by atoms with E-state index in [1.807, 2.05) is 6.07 Å². The second kappa shape index (κ2) is 12.7. The summed E-state index contributed by atoms with van der Waals surface area (Å²) in [5.41, 5.74) is 2.22. The first-order valence-electron chi connectivity index (χ1n) is 8.02. The summed E-state index contributed by atoms with van der Waals surface area (Å²) < 4.78 is 0. The normalized spacial score (nSPS) is 9.89. The molecule has 27 heavy (non-hydrogen) atoms. The smallest absolute Gasteiger partial charge is 0.178 e. The number of nitrogens with zero attached hydrogens (tertiary/aromatic N) is 5. The maximum absolute atomic E-state index is 4.31. The molecule has 0 amide bonds. The molecule has 2 rings (SSSR count). The molecule has 1 aromatic heterocycles. The predicted molar refractivity (Wildman–Crippen MR) is 121 cm³/mol. The van der Waals surface area contributed by atoms with E-state index in [1.165, 1.54) is 5.56 Å². The van der Waals surface area contributed by atoms with Gasteiger partial charge in [0.1, 0.15) is 5.69 Å². The number of likely N-dealkylation sites (N-methyl/N-ethyl adjacent to an activating group) is 1. The van der Waals surface area contributed by atoms with Gasteiger partial charge in [-0.1, -0.05) is 30.3 Å². The van der Waals surface area contributed by atoms with E-state index >= 15 is 0 Å². The maximum Gasteiger partial charge on any atom is 0.178 e. The molecule has 9 heteroatoms. The minimum absolute atomic E-state index is 0. The molecule has 0 aliphatic heterocycles. The summed E-state index contributed by atoms with van der Waals surface area (Å²) >= 11 is 0. The van der Waals surface area contributed by atoms with Crippen molar-refractivity contribution in [1.29, 1.82) is 0 Å². The Morgan fingerprint density at radius 1 is 1.00 bits per heavy atom. The second-order valence-electron chi connectivity index (χ2n) is 6.88. The Bertz CT molecular complexity index is 639. The average Bonchev–Trinajstić information content (AvgIpc) is 2.54. The van der Waals surface area contributed by atoms with Crippen molar-refractivity contribution >= 4 is 36.3 Å². The molecule has 1 aromatic carbocycles. The van der Waals surface area contributed by atoms with Gasteiger partial charge in [0, 0.05) is 25.7 Å². The maximum atomic E-state index is 4.31. The Balaban J connectivity index is -0.00000144. The zero-order valence-electron chi connectivity index (χ0n) is 17.2. The van der Waals surface area contributed by atoms with Gasteiger partial charge in [0.05, 0.1) is 6.20 Å². The van der Waals surface area contributed by atoms with Crippen molar-refractivity contribution in [3.8, 4) is 0 Å². The fourth-order valence-electron chi connectivity index (χ4n) is 2.52. The first kappa shape index (κ1) is 30.1. The van der Waals surface area contributed by atoms with E-state index in [0.717, 1.165) is 17.9 Å². The summed E-state index contributed by atoms with van der Waals surface area (Å²) in [7, 11) is 4.13. The van der Waals surface area contributed by atoms with E-state index in [-0.39, 0.29) is 42.7 Å². The van der Waals surface area contributed by atoms with Crippen LogP contribution in [0, 0.1) is 0 Å². The van der Waals surface area contributed by atoms with Crippen LogP contribution in [0.1, 0.15) is 33.3 Å². The van der Waals surface area contributed by atoms with Crippen LogP contribution in [0.4, 0.5) is 11.5 Å². The van der Waals surface area contributed by atoms with E-state index in [9.17, 15) is 0 Å². The summed E-state index contributed by atoms with van der Waals surface area (Å²) in [5, 5.41) is 12.1. The Morgan fingerprint density at radius 3 is 2.07 bits per heavy atom. The topological polar surface area (TPSA) is 115 Å². The number of hydrogen-bond donors (Lipinski definition) is 2. The van der Waals surface area contributed by atoms with Gasteiger partial charge in [-0.15, -0.1) is 35.0 Å². The van der Waals surface area contributed by atoms with Gasteiger partial charge in [-0.25, -0.2) is 0 Å². The highest BCUT2D eigenvalue weighted by molar-refractivity contribution is 5.85. The zero-order valence-corrected chi connectivity index (χ0v) is 18.8. The third-order valence-electron chi connectivity index (χ3n) is 4.46. The lowest BCUT2D eigenvalue weighted by atomic mass is 9.93. The molecule has 2 aromatic rings. The quantitative estimate of drug-likeness (QED) is 0.714. The summed E-state index contributed by atoms with van der Waals surface area (Å²) in [6.07, 6.45) is 2.72. The van der Waals surface area contributed by atoms with Crippen LogP contribution in [-0.2, 0) is 6.42 Å². The van der Waals surface area contributed by atoms with Gasteiger partial charge >= 0.3 is 0 Å². The molecule has 0 saturated carbocycles. The van der Waals surface area contributed by atoms with Crippen LogP contribution >= 0.6 is 24.8 Å². The molecule has 0 atom stereocenters. The highest BCUT2D eigenvalue weighted by Crippen LogP contribution is 2.31. The SMILES string of the molecule is CC(C)N(C)c1cnnnc1N(C)C(C)(C)Cc1ccccc1.Cl.Cl.N.N. The molecule has 0 aliphatic rings. The van der Waals surface area contributed by atoms with Crippen molar-refractivity contribution in [2.45, 2.75) is 45.7 Å². The molecule has 0 aliphatic carbocycles. The van der Waals surface area contributed by atoms with Crippen LogP contribution in [0.3, 0.4) is 0 Å². The van der Waals surface area contributed by atoms with Gasteiger partial charge < -0.3 is 22.1 Å². The Hall–Kier alpha value is -1.67. The number of rotatable bonds is 6. The molecule has 0 spiro atoms. The Labute approximate surface area is 175 Å². The van der Waals surface area contributed by atoms with Gasteiger partial charge in [-0.2, -0.15) is 0 Å². The number of anilines is 2. The Kier molecular flexibility index (Phi) is 14.1. The second-order valence-corrected chi connectivity index (χ2v) is 6.88. The van der Waals surface area contributed by atoms with Gasteiger partial charge in [-0.3, -0.25) is 0 Å². The standard InChI is InChI=1S/C18H27N5.2ClH.2H3N/c1-14(2)22(5)16-13-19-21-20-17(16)23(6)18(3,4)12-15-10-8-7-9-11-15;;;;/h7-11,13-14H,12H2,1-6H3;2*1H;2*1H3. The van der Waals surface area contributed by atoms with Crippen molar-refractivity contribution < 1.29 is 0 Å². The first-order valence-corrected chi connectivity index (χ1v) is 8.02. The summed E-state index contributed by atoms with van der Waals surface area (Å²) in [5.74, 6) is 0.858. The summed E-state index contributed by atoms with van der Waals surface area (Å²) in [6, 6.07) is 10.9. The highest BCUT2D eigenvalue weighted by Gasteiger charge is 2.28. The molecule has 7 nitrogen and oxygen atoms in total. The average molecular weight is 420 g/mol. The lowest BCUT2D eigenvalue weighted by molar-refractivity contribution is 0.477. The molecule has 1 heterocycles. The van der Waals surface area contributed by atoms with Crippen molar-refractivity contribution in [1.82, 2.24) is 27.7 Å². The van der Waals surface area contributed by atoms with Gasteiger partial charge in [0.25, 0.3) is 0 Å². The lowest BCUT2D eigenvalue weighted by Gasteiger charge is -2.38. The lowest BCUT2D eigenvalue weighted by Crippen LogP contribution is -2.44. The van der Waals surface area contributed by atoms with Crippen LogP contribution < -0.4 is 22.1 Å². The number of hydrogen-bond acceptors (Lipinski definition) is 7. The highest BCUT2D eigenvalue weighted by atomic mass is 35.5. The monoisotopic (exact) mass is 419 g/mol. The fourth-order valence-corrected chi connectivity index (χ4v) is 2.52. The van der Waals surface area contributed by atoms with Crippen molar-refractivity contribution in [2.24, 2.45) is 0 Å². The summed E-state index contributed by atoms with van der Waals surface area (Å²) in [4.78, 5) is 4.37. The molecular weight excluding hydrogens is 385 g/mol. The predicted octanol–water partition coefficient (Wildman–Crippen LogP) is 4.34. The van der Waals surface area contributed by atoms with E-state index in [4.69, 9.17) is 0 Å². The van der Waals surface area contributed by atoms with Crippen molar-refractivity contribution in [2.75, 3.05) is 23.9 Å². The van der Waals surface area contributed by atoms with Gasteiger partial charge in [-0.05, 0) is 44.9 Å². The molecule has 0 bridgehead atoms. The zero-order chi connectivity index (χ0) is 17.0. The molecule has 156 valence electrons. The molecule has 6 N–H and O–H groups in total. The minimum Gasteiger partial charge on any atom is -0.368 e. The van der Waals surface area contributed by atoms with Gasteiger partial charge in [0.15, 0.2) is 5.82 Å². The van der Waals surface area contributed by atoms with Crippen LogP contribution in [0.2, 0.25) is 0 Å². The van der Waals surface area contributed by atoms with Crippen LogP contribution in [0.5, 0.6) is 0 Å². The minimum atomic E-state index is -0.0933. The molecular formula is C18H35Cl2N7. The van der Waals surface area contributed by atoms with Crippen LogP contribution in [-0.4, -0.2) is 41.1 Å². The fraction of sp³-hybridized carbons (Fsp3) is 0.500. The van der Waals surface area contributed by atoms with E-state index < -0.39 is 0 Å². The Morgan fingerprint density at radius 2 is 1.56 bits per heavy atom. The van der Waals surface area contributed by atoms with E-state index in [0.29, 0.717) is 6.04 Å². The van der Waals surface area contributed by atoms with E-state index in [2.05, 4.69) is 91.3 Å². The van der Waals surface area contributed by atoms with Crippen LogP contribution in [0.15, 0.2) is 36.5 Å². The number of halogens is 2. The molecule has 0 radical (unpaired) electrons. The third-order valence-corrected chi connectivity index (χ3v) is 4.46. The number of aromatic nitrogens is 3. The largest absolute Gasteiger partial charge is 0.368 e. The molecule has 0 saturated heterocycles. The molecule has 0 fully saturated rings.